The van der Waals surface area contributed by atoms with E-state index in [0.717, 1.165) is 0 Å². The summed E-state index contributed by atoms with van der Waals surface area (Å²) in [4.78, 5) is 26.0. The molecule has 0 amide bonds. The van der Waals surface area contributed by atoms with E-state index >= 15 is 0 Å². The third-order valence-corrected chi connectivity index (χ3v) is 3.11. The molecule has 0 spiro atoms. The second-order valence-corrected chi connectivity index (χ2v) is 4.31. The summed E-state index contributed by atoms with van der Waals surface area (Å²) in [6, 6.07) is 0. The van der Waals surface area contributed by atoms with Crippen LogP contribution in [0.15, 0.2) is 6.33 Å². The quantitative estimate of drug-likeness (QED) is 0.805. The Balaban J connectivity index is 2.19. The average Bonchev–Trinajstić information content (AvgIpc) is 2.86. The van der Waals surface area contributed by atoms with Crippen LogP contribution in [-0.4, -0.2) is 44.4 Å². The van der Waals surface area contributed by atoms with Crippen LogP contribution >= 0.6 is 0 Å². The number of aromatic nitrogens is 2. The summed E-state index contributed by atoms with van der Waals surface area (Å²) in [5, 5.41) is 18.1. The van der Waals surface area contributed by atoms with Gasteiger partial charge in [-0.3, -0.25) is 0 Å². The van der Waals surface area contributed by atoms with Crippen molar-refractivity contribution in [1.82, 2.24) is 9.55 Å². The molecule has 2 atom stereocenters. The maximum Gasteiger partial charge on any atom is 0.354 e. The molecule has 1 saturated heterocycles. The molecular weight excluding hydrogens is 240 g/mol. The molecule has 18 heavy (non-hydrogen) atoms. The number of aryl methyl sites for hydroxylation is 1. The Labute approximate surface area is 103 Å². The van der Waals surface area contributed by atoms with Crippen LogP contribution in [-0.2, 0) is 16.1 Å². The largest absolute Gasteiger partial charge is 0.479 e. The molecule has 0 bridgehead atoms. The molecule has 1 aliphatic rings. The van der Waals surface area contributed by atoms with Gasteiger partial charge >= 0.3 is 11.9 Å². The van der Waals surface area contributed by atoms with Crippen LogP contribution in [0.25, 0.3) is 0 Å². The van der Waals surface area contributed by atoms with Crippen LogP contribution in [0.2, 0.25) is 0 Å². The summed E-state index contributed by atoms with van der Waals surface area (Å²) in [6.07, 6.45) is 1.16. The molecule has 2 rings (SSSR count). The van der Waals surface area contributed by atoms with Crippen LogP contribution < -0.4 is 0 Å². The van der Waals surface area contributed by atoms with Crippen molar-refractivity contribution in [2.45, 2.75) is 26.0 Å². The number of rotatable bonds is 4. The number of carboxylic acids is 2. The van der Waals surface area contributed by atoms with Crippen molar-refractivity contribution in [3.05, 3.63) is 17.7 Å². The first-order chi connectivity index (χ1) is 8.50. The van der Waals surface area contributed by atoms with Crippen molar-refractivity contribution in [2.24, 2.45) is 5.92 Å². The normalized spacial score (nSPS) is 23.2. The van der Waals surface area contributed by atoms with Gasteiger partial charge in [0.05, 0.1) is 12.0 Å². The average molecular weight is 254 g/mol. The molecule has 7 nitrogen and oxygen atoms in total. The van der Waals surface area contributed by atoms with Crippen molar-refractivity contribution in [1.29, 1.82) is 0 Å². The number of aliphatic carboxylic acids is 1. The Morgan fingerprint density at radius 1 is 1.56 bits per heavy atom. The number of aromatic carboxylic acids is 1. The van der Waals surface area contributed by atoms with Crippen molar-refractivity contribution in [3.8, 4) is 0 Å². The third kappa shape index (κ3) is 2.21. The highest BCUT2D eigenvalue weighted by molar-refractivity contribution is 5.86. The van der Waals surface area contributed by atoms with E-state index in [-0.39, 0.29) is 11.6 Å². The van der Waals surface area contributed by atoms with Crippen molar-refractivity contribution in [3.63, 3.8) is 0 Å². The monoisotopic (exact) mass is 254 g/mol. The van der Waals surface area contributed by atoms with Crippen molar-refractivity contribution < 1.29 is 24.5 Å². The van der Waals surface area contributed by atoms with Gasteiger partial charge in [0.25, 0.3) is 0 Å². The summed E-state index contributed by atoms with van der Waals surface area (Å²) in [7, 11) is 0. The Bertz CT molecular complexity index is 482. The molecule has 98 valence electrons. The lowest BCUT2D eigenvalue weighted by atomic mass is 10.0. The minimum absolute atomic E-state index is 0.103. The smallest absolute Gasteiger partial charge is 0.354 e. The van der Waals surface area contributed by atoms with E-state index in [9.17, 15) is 9.59 Å². The molecule has 0 aromatic carbocycles. The second-order valence-electron chi connectivity index (χ2n) is 4.31. The third-order valence-electron chi connectivity index (χ3n) is 3.11. The maximum absolute atomic E-state index is 11.1. The Hall–Kier alpha value is -1.89. The molecule has 1 aliphatic heterocycles. The molecule has 2 heterocycles. The van der Waals surface area contributed by atoms with Crippen LogP contribution in [0.3, 0.4) is 0 Å². The molecular formula is C11H14N2O5. The van der Waals surface area contributed by atoms with E-state index < -0.39 is 18.0 Å². The highest BCUT2D eigenvalue weighted by Crippen LogP contribution is 2.24. The number of nitrogens with zero attached hydrogens (tertiary/aromatic N) is 2. The van der Waals surface area contributed by atoms with Gasteiger partial charge in [-0.1, -0.05) is 0 Å². The molecule has 1 aromatic rings. The minimum Gasteiger partial charge on any atom is -0.479 e. The fraction of sp³-hybridized carbons (Fsp3) is 0.545. The fourth-order valence-corrected chi connectivity index (χ4v) is 2.25. The highest BCUT2D eigenvalue weighted by Gasteiger charge is 2.35. The Kier molecular flexibility index (Phi) is 3.33. The summed E-state index contributed by atoms with van der Waals surface area (Å²) in [5.74, 6) is -2.30. The minimum atomic E-state index is -1.06. The van der Waals surface area contributed by atoms with E-state index in [1.54, 1.807) is 6.92 Å². The number of carboxylic acid groups (broad SMARTS) is 2. The molecule has 2 unspecified atom stereocenters. The summed E-state index contributed by atoms with van der Waals surface area (Å²) >= 11 is 0. The second kappa shape index (κ2) is 4.77. The Morgan fingerprint density at radius 3 is 2.89 bits per heavy atom. The fourth-order valence-electron chi connectivity index (χ4n) is 2.25. The molecule has 7 heteroatoms. The van der Waals surface area contributed by atoms with Crippen LogP contribution in [0.1, 0.15) is 22.6 Å². The maximum atomic E-state index is 11.1. The van der Waals surface area contributed by atoms with E-state index in [1.165, 1.54) is 10.9 Å². The predicted molar refractivity (Wildman–Crippen MR) is 59.4 cm³/mol. The van der Waals surface area contributed by atoms with Gasteiger partial charge in [0, 0.05) is 19.1 Å². The number of hydrogen-bond acceptors (Lipinski definition) is 4. The number of hydrogen-bond donors (Lipinski definition) is 2. The van der Waals surface area contributed by atoms with Gasteiger partial charge in [0.15, 0.2) is 6.10 Å². The summed E-state index contributed by atoms with van der Waals surface area (Å²) < 4.78 is 6.60. The summed E-state index contributed by atoms with van der Waals surface area (Å²) in [5.41, 5.74) is 0.527. The summed E-state index contributed by atoms with van der Waals surface area (Å²) in [6.45, 7) is 2.29. The standard InChI is InChI=1S/C11H14N2O5/c1-6-8(10(14)15)13(5-12-6)4-7-2-3-18-9(7)11(16)17/h5,7,9H,2-4H2,1H3,(H,14,15)(H,16,17). The number of carbonyl (C=O) groups is 2. The predicted octanol–water partition coefficient (Wildman–Crippen LogP) is 0.379. The topological polar surface area (TPSA) is 102 Å². The lowest BCUT2D eigenvalue weighted by molar-refractivity contribution is -0.149. The zero-order chi connectivity index (χ0) is 13.3. The van der Waals surface area contributed by atoms with E-state index in [0.29, 0.717) is 25.3 Å². The zero-order valence-electron chi connectivity index (χ0n) is 9.87. The molecule has 2 N–H and O–H groups in total. The lowest BCUT2D eigenvalue weighted by Gasteiger charge is -2.15. The van der Waals surface area contributed by atoms with Crippen molar-refractivity contribution >= 4 is 11.9 Å². The first-order valence-electron chi connectivity index (χ1n) is 5.60. The van der Waals surface area contributed by atoms with Gasteiger partial charge in [-0.2, -0.15) is 0 Å². The van der Waals surface area contributed by atoms with Gasteiger partial charge in [0.1, 0.15) is 5.69 Å². The molecule has 0 radical (unpaired) electrons. The molecule has 0 saturated carbocycles. The van der Waals surface area contributed by atoms with E-state index in [1.807, 2.05) is 0 Å². The van der Waals surface area contributed by atoms with E-state index in [2.05, 4.69) is 4.98 Å². The van der Waals surface area contributed by atoms with Gasteiger partial charge in [-0.05, 0) is 13.3 Å². The van der Waals surface area contributed by atoms with Gasteiger partial charge in [-0.25, -0.2) is 14.6 Å². The lowest BCUT2D eigenvalue weighted by Crippen LogP contribution is -2.29. The van der Waals surface area contributed by atoms with Gasteiger partial charge < -0.3 is 19.5 Å². The SMILES string of the molecule is Cc1ncn(CC2CCOC2C(=O)O)c1C(=O)O. The van der Waals surface area contributed by atoms with E-state index in [4.69, 9.17) is 14.9 Å². The number of imidazole rings is 1. The molecule has 0 aliphatic carbocycles. The van der Waals surface area contributed by atoms with Gasteiger partial charge in [0.2, 0.25) is 0 Å². The zero-order valence-corrected chi connectivity index (χ0v) is 9.87. The number of ether oxygens (including phenoxy) is 1. The van der Waals surface area contributed by atoms with Gasteiger partial charge in [-0.15, -0.1) is 0 Å². The van der Waals surface area contributed by atoms with Crippen LogP contribution in [0.4, 0.5) is 0 Å². The van der Waals surface area contributed by atoms with Crippen LogP contribution in [0.5, 0.6) is 0 Å². The first kappa shape index (κ1) is 12.6. The van der Waals surface area contributed by atoms with Crippen molar-refractivity contribution in [2.75, 3.05) is 6.61 Å². The first-order valence-corrected chi connectivity index (χ1v) is 5.60. The molecule has 1 aromatic heterocycles. The highest BCUT2D eigenvalue weighted by atomic mass is 16.5. The van der Waals surface area contributed by atoms with Crippen LogP contribution in [0, 0.1) is 12.8 Å². The Morgan fingerprint density at radius 2 is 2.28 bits per heavy atom. The molecule has 1 fully saturated rings.